The quantitative estimate of drug-likeness (QED) is 0.758. The van der Waals surface area contributed by atoms with Gasteiger partial charge in [-0.25, -0.2) is 0 Å². The van der Waals surface area contributed by atoms with Crippen molar-refractivity contribution in [1.82, 2.24) is 10.2 Å². The molecule has 1 N–H and O–H groups in total. The van der Waals surface area contributed by atoms with E-state index in [9.17, 15) is 0 Å². The molecule has 88 valence electrons. The third-order valence-electron chi connectivity index (χ3n) is 3.53. The van der Waals surface area contributed by atoms with Gasteiger partial charge in [-0.05, 0) is 64.3 Å². The van der Waals surface area contributed by atoms with Crippen LogP contribution in [-0.4, -0.2) is 50.8 Å². The van der Waals surface area contributed by atoms with Gasteiger partial charge in [-0.15, -0.1) is 0 Å². The molecule has 0 saturated carbocycles. The van der Waals surface area contributed by atoms with Crippen molar-refractivity contribution in [2.45, 2.75) is 25.7 Å². The van der Waals surface area contributed by atoms with Gasteiger partial charge in [0.25, 0.3) is 0 Å². The Morgan fingerprint density at radius 1 is 1.20 bits per heavy atom. The molecule has 0 aromatic carbocycles. The Bertz CT molecular complexity index is 161. The molecular formula is C12H24N2O. The highest BCUT2D eigenvalue weighted by Gasteiger charge is 2.16. The summed E-state index contributed by atoms with van der Waals surface area (Å²) in [6, 6.07) is 0. The Hall–Kier alpha value is -0.120. The Labute approximate surface area is 93.2 Å². The molecule has 2 saturated heterocycles. The highest BCUT2D eigenvalue weighted by molar-refractivity contribution is 4.69. The molecule has 0 bridgehead atoms. The minimum absolute atomic E-state index is 0.841. The number of nitrogens with one attached hydrogen (secondary N) is 1. The average Bonchev–Trinajstić information content (AvgIpc) is 2.68. The number of nitrogens with zero attached hydrogens (tertiary/aromatic N) is 1. The third-order valence-corrected chi connectivity index (χ3v) is 3.53. The fraction of sp³-hybridized carbons (Fsp3) is 1.00. The van der Waals surface area contributed by atoms with Gasteiger partial charge in [0.2, 0.25) is 0 Å². The number of ether oxygens (including phenoxy) is 1. The van der Waals surface area contributed by atoms with Gasteiger partial charge in [0.05, 0.1) is 0 Å². The molecule has 0 aromatic heterocycles. The molecule has 15 heavy (non-hydrogen) atoms. The van der Waals surface area contributed by atoms with Gasteiger partial charge in [0, 0.05) is 13.2 Å². The van der Waals surface area contributed by atoms with Crippen LogP contribution in [0.5, 0.6) is 0 Å². The second-order valence-corrected chi connectivity index (χ2v) is 4.82. The minimum atomic E-state index is 0.841. The maximum absolute atomic E-state index is 5.41. The topological polar surface area (TPSA) is 24.5 Å². The summed E-state index contributed by atoms with van der Waals surface area (Å²) in [6.45, 7) is 8.24. The molecule has 1 atom stereocenters. The summed E-state index contributed by atoms with van der Waals surface area (Å²) < 4.78 is 5.41. The van der Waals surface area contributed by atoms with Gasteiger partial charge in [0.15, 0.2) is 0 Å². The van der Waals surface area contributed by atoms with E-state index in [1.54, 1.807) is 0 Å². The van der Waals surface area contributed by atoms with Gasteiger partial charge in [-0.1, -0.05) is 0 Å². The van der Waals surface area contributed by atoms with Gasteiger partial charge >= 0.3 is 0 Å². The van der Waals surface area contributed by atoms with E-state index in [2.05, 4.69) is 10.2 Å². The zero-order chi connectivity index (χ0) is 10.3. The molecule has 3 nitrogen and oxygen atoms in total. The Morgan fingerprint density at radius 3 is 2.67 bits per heavy atom. The van der Waals surface area contributed by atoms with Crippen LogP contribution in [0, 0.1) is 5.92 Å². The van der Waals surface area contributed by atoms with Gasteiger partial charge in [-0.2, -0.15) is 0 Å². The lowest BCUT2D eigenvalue weighted by atomic mass is 10.0. The van der Waals surface area contributed by atoms with E-state index in [1.165, 1.54) is 58.4 Å². The van der Waals surface area contributed by atoms with Crippen LogP contribution < -0.4 is 5.32 Å². The van der Waals surface area contributed by atoms with Crippen LogP contribution in [0.15, 0.2) is 0 Å². The van der Waals surface area contributed by atoms with Crippen LogP contribution in [0.3, 0.4) is 0 Å². The Kier molecular flexibility index (Phi) is 4.90. The van der Waals surface area contributed by atoms with Crippen molar-refractivity contribution in [3.63, 3.8) is 0 Å². The summed E-state index contributed by atoms with van der Waals surface area (Å²) in [5.41, 5.74) is 0. The summed E-state index contributed by atoms with van der Waals surface area (Å²) in [4.78, 5) is 2.64. The van der Waals surface area contributed by atoms with Crippen molar-refractivity contribution < 1.29 is 4.74 Å². The summed E-state index contributed by atoms with van der Waals surface area (Å²) >= 11 is 0. The highest BCUT2D eigenvalue weighted by Crippen LogP contribution is 2.16. The van der Waals surface area contributed by atoms with Crippen molar-refractivity contribution >= 4 is 0 Å². The summed E-state index contributed by atoms with van der Waals surface area (Å²) in [6.07, 6.45) is 5.24. The smallest absolute Gasteiger partial charge is 0.0495 e. The Morgan fingerprint density at radius 2 is 2.00 bits per heavy atom. The molecule has 2 aliphatic rings. The maximum atomic E-state index is 5.41. The summed E-state index contributed by atoms with van der Waals surface area (Å²) in [5, 5.41) is 3.46. The molecule has 0 aromatic rings. The highest BCUT2D eigenvalue weighted by atomic mass is 16.5. The first-order chi connectivity index (χ1) is 7.45. The van der Waals surface area contributed by atoms with Crippen LogP contribution in [-0.2, 0) is 4.74 Å². The summed E-state index contributed by atoms with van der Waals surface area (Å²) in [7, 11) is 0. The monoisotopic (exact) mass is 212 g/mol. The van der Waals surface area contributed by atoms with E-state index in [4.69, 9.17) is 4.74 Å². The lowest BCUT2D eigenvalue weighted by molar-refractivity contribution is 0.176. The second kappa shape index (κ2) is 6.46. The SMILES string of the molecule is C1CNCCCN(CCC2CCOC2)C1. The first kappa shape index (κ1) is 11.4. The maximum Gasteiger partial charge on any atom is 0.0495 e. The van der Waals surface area contributed by atoms with E-state index in [1.807, 2.05) is 0 Å². The fourth-order valence-corrected chi connectivity index (χ4v) is 2.49. The summed E-state index contributed by atoms with van der Waals surface area (Å²) in [5.74, 6) is 0.841. The lowest BCUT2D eigenvalue weighted by Gasteiger charge is -2.25. The third kappa shape index (κ3) is 4.09. The van der Waals surface area contributed by atoms with Crippen LogP contribution in [0.1, 0.15) is 25.7 Å². The zero-order valence-electron chi connectivity index (χ0n) is 9.71. The predicted octanol–water partition coefficient (Wildman–Crippen LogP) is 1.10. The van der Waals surface area contributed by atoms with Crippen molar-refractivity contribution in [2.24, 2.45) is 5.92 Å². The van der Waals surface area contributed by atoms with Crippen LogP contribution >= 0.6 is 0 Å². The standard InChI is InChI=1S/C12H24N2O/c1-5-13-6-2-8-14(7-1)9-3-12-4-10-15-11-12/h12-13H,1-11H2. The van der Waals surface area contributed by atoms with Gasteiger partial charge in [0.1, 0.15) is 0 Å². The van der Waals surface area contributed by atoms with E-state index in [0.29, 0.717) is 0 Å². The van der Waals surface area contributed by atoms with E-state index in [0.717, 1.165) is 19.1 Å². The largest absolute Gasteiger partial charge is 0.381 e. The van der Waals surface area contributed by atoms with E-state index in [-0.39, 0.29) is 0 Å². The first-order valence-electron chi connectivity index (χ1n) is 6.46. The van der Waals surface area contributed by atoms with Crippen molar-refractivity contribution in [3.05, 3.63) is 0 Å². The predicted molar refractivity (Wildman–Crippen MR) is 62.1 cm³/mol. The number of rotatable bonds is 3. The molecule has 2 fully saturated rings. The molecule has 1 unspecified atom stereocenters. The normalized spacial score (nSPS) is 30.0. The lowest BCUT2D eigenvalue weighted by Crippen LogP contribution is -2.35. The number of hydrogen-bond donors (Lipinski definition) is 1. The average molecular weight is 212 g/mol. The van der Waals surface area contributed by atoms with Crippen molar-refractivity contribution in [1.29, 1.82) is 0 Å². The molecule has 0 radical (unpaired) electrons. The van der Waals surface area contributed by atoms with Crippen molar-refractivity contribution in [3.8, 4) is 0 Å². The molecular weight excluding hydrogens is 188 g/mol. The molecule has 3 heteroatoms. The Balaban J connectivity index is 1.62. The van der Waals surface area contributed by atoms with Crippen LogP contribution in [0.2, 0.25) is 0 Å². The minimum Gasteiger partial charge on any atom is -0.381 e. The van der Waals surface area contributed by atoms with Crippen LogP contribution in [0.25, 0.3) is 0 Å². The van der Waals surface area contributed by atoms with Gasteiger partial charge < -0.3 is 15.0 Å². The molecule has 0 aliphatic carbocycles. The molecule has 2 heterocycles. The second-order valence-electron chi connectivity index (χ2n) is 4.82. The van der Waals surface area contributed by atoms with E-state index < -0.39 is 0 Å². The van der Waals surface area contributed by atoms with Gasteiger partial charge in [-0.3, -0.25) is 0 Å². The molecule has 2 rings (SSSR count). The molecule has 2 aliphatic heterocycles. The molecule has 0 spiro atoms. The fourth-order valence-electron chi connectivity index (χ4n) is 2.49. The molecule has 0 amide bonds. The van der Waals surface area contributed by atoms with E-state index >= 15 is 0 Å². The van der Waals surface area contributed by atoms with Crippen LogP contribution in [0.4, 0.5) is 0 Å². The zero-order valence-corrected chi connectivity index (χ0v) is 9.71. The number of hydrogen-bond acceptors (Lipinski definition) is 3. The first-order valence-corrected chi connectivity index (χ1v) is 6.46. The van der Waals surface area contributed by atoms with Crippen molar-refractivity contribution in [2.75, 3.05) is 45.9 Å².